The van der Waals surface area contributed by atoms with Crippen molar-refractivity contribution in [2.24, 2.45) is 4.99 Å². The quantitative estimate of drug-likeness (QED) is 0.651. The predicted molar refractivity (Wildman–Crippen MR) is 91.8 cm³/mol. The maximum atomic E-state index is 13.6. The third-order valence-corrected chi connectivity index (χ3v) is 5.52. The van der Waals surface area contributed by atoms with Crippen molar-refractivity contribution in [1.29, 1.82) is 0 Å². The lowest BCUT2D eigenvalue weighted by molar-refractivity contribution is 0.490. The SMILES string of the molecule is Fc1cc(F)cc(C2CCC(=S)C3(C=Nc4ccccc43)C2)c1. The van der Waals surface area contributed by atoms with Crippen molar-refractivity contribution >= 4 is 29.0 Å². The molecule has 0 amide bonds. The van der Waals surface area contributed by atoms with Crippen LogP contribution in [0.15, 0.2) is 47.5 Å². The van der Waals surface area contributed by atoms with E-state index in [1.54, 1.807) is 0 Å². The molecule has 2 atom stereocenters. The van der Waals surface area contributed by atoms with Crippen molar-refractivity contribution in [2.45, 2.75) is 30.6 Å². The highest BCUT2D eigenvalue weighted by molar-refractivity contribution is 7.80. The summed E-state index contributed by atoms with van der Waals surface area (Å²) in [6.45, 7) is 0. The summed E-state index contributed by atoms with van der Waals surface area (Å²) in [5.74, 6) is -0.977. The van der Waals surface area contributed by atoms with E-state index < -0.39 is 11.6 Å². The summed E-state index contributed by atoms with van der Waals surface area (Å²) in [6, 6.07) is 11.8. The Balaban J connectivity index is 1.75. The van der Waals surface area contributed by atoms with E-state index in [2.05, 4.69) is 11.1 Å². The van der Waals surface area contributed by atoms with Gasteiger partial charge in [-0.15, -0.1) is 0 Å². The Labute approximate surface area is 139 Å². The topological polar surface area (TPSA) is 12.4 Å². The van der Waals surface area contributed by atoms with E-state index in [4.69, 9.17) is 12.2 Å². The molecule has 0 saturated heterocycles. The summed E-state index contributed by atoms with van der Waals surface area (Å²) >= 11 is 5.67. The lowest BCUT2D eigenvalue weighted by Crippen LogP contribution is -2.40. The smallest absolute Gasteiger partial charge is 0.126 e. The summed E-state index contributed by atoms with van der Waals surface area (Å²) in [5.41, 5.74) is 2.40. The molecule has 0 N–H and O–H groups in total. The molecule has 1 aliphatic heterocycles. The maximum Gasteiger partial charge on any atom is 0.126 e. The monoisotopic (exact) mass is 327 g/mol. The Bertz CT molecular complexity index is 810. The Morgan fingerprint density at radius 3 is 2.61 bits per heavy atom. The molecule has 1 saturated carbocycles. The zero-order valence-electron chi connectivity index (χ0n) is 12.4. The second kappa shape index (κ2) is 5.31. The second-order valence-corrected chi connectivity index (χ2v) is 6.81. The Hall–Kier alpha value is -1.94. The molecule has 2 aliphatic rings. The van der Waals surface area contributed by atoms with Crippen LogP contribution in [0.4, 0.5) is 14.5 Å². The van der Waals surface area contributed by atoms with Crippen LogP contribution in [0.2, 0.25) is 0 Å². The molecule has 1 aliphatic carbocycles. The summed E-state index contributed by atoms with van der Waals surface area (Å²) in [7, 11) is 0. The molecule has 1 spiro atoms. The van der Waals surface area contributed by atoms with Crippen molar-refractivity contribution in [1.82, 2.24) is 0 Å². The zero-order chi connectivity index (χ0) is 16.0. The summed E-state index contributed by atoms with van der Waals surface area (Å²) in [4.78, 5) is 5.50. The number of halogens is 2. The van der Waals surface area contributed by atoms with Gasteiger partial charge in [0.2, 0.25) is 0 Å². The van der Waals surface area contributed by atoms with E-state index in [-0.39, 0.29) is 11.3 Å². The third kappa shape index (κ3) is 2.32. The van der Waals surface area contributed by atoms with Crippen molar-refractivity contribution in [2.75, 3.05) is 0 Å². The van der Waals surface area contributed by atoms with Gasteiger partial charge in [0.15, 0.2) is 0 Å². The molecule has 116 valence electrons. The first-order chi connectivity index (χ1) is 11.1. The molecule has 1 nitrogen and oxygen atoms in total. The van der Waals surface area contributed by atoms with Crippen LogP contribution < -0.4 is 0 Å². The number of hydrogen-bond acceptors (Lipinski definition) is 2. The Morgan fingerprint density at radius 2 is 1.83 bits per heavy atom. The Morgan fingerprint density at radius 1 is 1.09 bits per heavy atom. The van der Waals surface area contributed by atoms with Crippen LogP contribution in [0.1, 0.15) is 36.3 Å². The first-order valence-corrected chi connectivity index (χ1v) is 8.13. The van der Waals surface area contributed by atoms with Gasteiger partial charge in [-0.2, -0.15) is 0 Å². The van der Waals surface area contributed by atoms with Crippen LogP contribution in [-0.2, 0) is 5.41 Å². The number of nitrogens with zero attached hydrogens (tertiary/aromatic N) is 1. The number of benzene rings is 2. The minimum absolute atomic E-state index is 0.0736. The number of hydrogen-bond donors (Lipinski definition) is 0. The van der Waals surface area contributed by atoms with Gasteiger partial charge in [-0.25, -0.2) is 8.78 Å². The van der Waals surface area contributed by atoms with E-state index in [1.807, 2.05) is 24.4 Å². The molecule has 4 heteroatoms. The number of thiocarbonyl (C=S) groups is 1. The predicted octanol–water partition coefficient (Wildman–Crippen LogP) is 5.26. The number of aliphatic imine (C=N–C) groups is 1. The van der Waals surface area contributed by atoms with Gasteiger partial charge >= 0.3 is 0 Å². The molecule has 1 fully saturated rings. The van der Waals surface area contributed by atoms with E-state index in [0.717, 1.165) is 41.4 Å². The number of fused-ring (bicyclic) bond motifs is 2. The second-order valence-electron chi connectivity index (χ2n) is 6.31. The zero-order valence-corrected chi connectivity index (χ0v) is 13.2. The van der Waals surface area contributed by atoms with Crippen LogP contribution in [0.25, 0.3) is 0 Å². The highest BCUT2D eigenvalue weighted by atomic mass is 32.1. The minimum atomic E-state index is -0.525. The summed E-state index contributed by atoms with van der Waals surface area (Å²) < 4.78 is 27.2. The van der Waals surface area contributed by atoms with Crippen LogP contribution in [0.3, 0.4) is 0 Å². The summed E-state index contributed by atoms with van der Waals surface area (Å²) in [5, 5.41) is 0. The van der Waals surface area contributed by atoms with Gasteiger partial charge in [-0.05, 0) is 54.5 Å². The Kier molecular flexibility index (Phi) is 3.38. The van der Waals surface area contributed by atoms with Crippen molar-refractivity contribution in [3.05, 3.63) is 65.2 Å². The molecule has 2 unspecified atom stereocenters. The van der Waals surface area contributed by atoms with Crippen LogP contribution in [0, 0.1) is 11.6 Å². The fourth-order valence-electron chi connectivity index (χ4n) is 3.83. The molecule has 4 rings (SSSR count). The molecule has 23 heavy (non-hydrogen) atoms. The van der Waals surface area contributed by atoms with E-state index >= 15 is 0 Å². The molecule has 0 radical (unpaired) electrons. The van der Waals surface area contributed by atoms with Crippen molar-refractivity contribution in [3.8, 4) is 0 Å². The average molecular weight is 327 g/mol. The van der Waals surface area contributed by atoms with E-state index in [1.165, 1.54) is 12.1 Å². The first-order valence-electron chi connectivity index (χ1n) is 7.72. The lowest BCUT2D eigenvalue weighted by Gasteiger charge is -2.38. The van der Waals surface area contributed by atoms with Gasteiger partial charge in [0.25, 0.3) is 0 Å². The first kappa shape index (κ1) is 14.6. The number of para-hydroxylation sites is 1. The van der Waals surface area contributed by atoms with Gasteiger partial charge in [0.1, 0.15) is 11.6 Å². The van der Waals surface area contributed by atoms with Crippen LogP contribution in [-0.4, -0.2) is 11.1 Å². The lowest BCUT2D eigenvalue weighted by atomic mass is 9.65. The fraction of sp³-hybridized carbons (Fsp3) is 0.263. The maximum absolute atomic E-state index is 13.6. The van der Waals surface area contributed by atoms with Gasteiger partial charge in [0.05, 0.1) is 11.1 Å². The van der Waals surface area contributed by atoms with Crippen LogP contribution in [0.5, 0.6) is 0 Å². The highest BCUT2D eigenvalue weighted by Crippen LogP contribution is 2.49. The van der Waals surface area contributed by atoms with Crippen LogP contribution >= 0.6 is 12.2 Å². The standard InChI is InChI=1S/C19H15F2NS/c20-14-7-13(8-15(21)9-14)12-5-6-18(23)19(10-12)11-22-17-4-2-1-3-16(17)19/h1-4,7-9,11-12H,5-6,10H2. The van der Waals surface area contributed by atoms with Gasteiger partial charge in [0, 0.05) is 17.1 Å². The molecule has 2 aromatic rings. The van der Waals surface area contributed by atoms with Gasteiger partial charge < -0.3 is 0 Å². The molecule has 1 heterocycles. The third-order valence-electron chi connectivity index (χ3n) is 4.95. The molecule has 0 aromatic heterocycles. The van der Waals surface area contributed by atoms with E-state index in [0.29, 0.717) is 5.56 Å². The van der Waals surface area contributed by atoms with E-state index in [9.17, 15) is 8.78 Å². The van der Waals surface area contributed by atoms with Crippen molar-refractivity contribution in [3.63, 3.8) is 0 Å². The molecular formula is C19H15F2NS. The summed E-state index contributed by atoms with van der Waals surface area (Å²) in [6.07, 6.45) is 4.23. The molecule has 0 bridgehead atoms. The normalized spacial score (nSPS) is 25.8. The molecule has 2 aromatic carbocycles. The van der Waals surface area contributed by atoms with Gasteiger partial charge in [-0.1, -0.05) is 30.4 Å². The molecular weight excluding hydrogens is 312 g/mol. The largest absolute Gasteiger partial charge is 0.260 e. The fourth-order valence-corrected chi connectivity index (χ4v) is 4.19. The number of rotatable bonds is 1. The highest BCUT2D eigenvalue weighted by Gasteiger charge is 2.44. The average Bonchev–Trinajstić information content (AvgIpc) is 2.89. The van der Waals surface area contributed by atoms with Gasteiger partial charge in [-0.3, -0.25) is 4.99 Å². The van der Waals surface area contributed by atoms with Crippen molar-refractivity contribution < 1.29 is 8.78 Å². The minimum Gasteiger partial charge on any atom is -0.260 e.